The molecule has 0 aliphatic carbocycles. The number of fused-ring (bicyclic) bond motifs is 1. The second kappa shape index (κ2) is 2.68. The molecule has 0 radical (unpaired) electrons. The van der Waals surface area contributed by atoms with Crippen LogP contribution in [0.4, 0.5) is 5.82 Å². The van der Waals surface area contributed by atoms with Gasteiger partial charge in [0.2, 0.25) is 0 Å². The fourth-order valence-corrected chi connectivity index (χ4v) is 1.02. The van der Waals surface area contributed by atoms with Gasteiger partial charge in [0.25, 0.3) is 0 Å². The van der Waals surface area contributed by atoms with E-state index in [-0.39, 0.29) is 0 Å². The Morgan fingerprint density at radius 3 is 2.92 bits per heavy atom. The lowest BCUT2D eigenvalue weighted by Crippen LogP contribution is -1.95. The number of hydrogen-bond donors (Lipinski definition) is 1. The van der Waals surface area contributed by atoms with E-state index >= 15 is 0 Å². The van der Waals surface area contributed by atoms with E-state index in [2.05, 4.69) is 15.0 Å². The molecule has 0 atom stereocenters. The van der Waals surface area contributed by atoms with E-state index in [1.807, 2.05) is 6.07 Å². The molecule has 5 heteroatoms. The molecule has 0 amide bonds. The summed E-state index contributed by atoms with van der Waals surface area (Å²) in [5.74, 6) is 0.328. The molecule has 0 bridgehead atoms. The van der Waals surface area contributed by atoms with Gasteiger partial charge in [0.05, 0.1) is 11.1 Å². The molecule has 2 rings (SSSR count). The zero-order chi connectivity index (χ0) is 9.26. The van der Waals surface area contributed by atoms with Crippen LogP contribution in [-0.4, -0.2) is 15.0 Å². The fraction of sp³-hybridized carbons (Fsp3) is 0. The summed E-state index contributed by atoms with van der Waals surface area (Å²) in [6.45, 7) is 0. The molecule has 2 aromatic rings. The number of pyridine rings is 1. The number of nitrogens with two attached hydrogens (primary N) is 1. The van der Waals surface area contributed by atoms with Gasteiger partial charge >= 0.3 is 0 Å². The molecule has 0 saturated heterocycles. The molecule has 13 heavy (non-hydrogen) atoms. The fourth-order valence-electron chi connectivity index (χ4n) is 1.02. The van der Waals surface area contributed by atoms with Crippen LogP contribution in [0.5, 0.6) is 0 Å². The number of nitrogens with zero attached hydrogens (tertiary/aromatic N) is 4. The Morgan fingerprint density at radius 1 is 1.31 bits per heavy atom. The molecule has 0 spiro atoms. The molecule has 2 heterocycles. The Morgan fingerprint density at radius 2 is 2.15 bits per heavy atom. The van der Waals surface area contributed by atoms with Gasteiger partial charge in [0, 0.05) is 6.20 Å². The van der Waals surface area contributed by atoms with Crippen LogP contribution >= 0.6 is 0 Å². The molecule has 0 aromatic carbocycles. The van der Waals surface area contributed by atoms with Crippen molar-refractivity contribution in [1.29, 1.82) is 5.26 Å². The van der Waals surface area contributed by atoms with E-state index in [4.69, 9.17) is 11.0 Å². The summed E-state index contributed by atoms with van der Waals surface area (Å²) in [4.78, 5) is 11.7. The molecule has 62 valence electrons. The van der Waals surface area contributed by atoms with E-state index < -0.39 is 0 Å². The highest BCUT2D eigenvalue weighted by atomic mass is 14.9. The number of nitrogen functional groups attached to an aromatic ring is 1. The van der Waals surface area contributed by atoms with E-state index in [0.29, 0.717) is 22.4 Å². The van der Waals surface area contributed by atoms with E-state index in [9.17, 15) is 0 Å². The van der Waals surface area contributed by atoms with Crippen molar-refractivity contribution >= 4 is 16.9 Å². The number of anilines is 1. The molecule has 0 unspecified atom stereocenters. The van der Waals surface area contributed by atoms with Crippen molar-refractivity contribution in [3.63, 3.8) is 0 Å². The third-order valence-electron chi connectivity index (χ3n) is 1.63. The highest BCUT2D eigenvalue weighted by molar-refractivity contribution is 5.83. The number of hydrogen-bond acceptors (Lipinski definition) is 5. The highest BCUT2D eigenvalue weighted by Gasteiger charge is 2.01. The minimum atomic E-state index is 0.328. The van der Waals surface area contributed by atoms with Gasteiger partial charge in [-0.05, 0) is 6.07 Å². The zero-order valence-electron chi connectivity index (χ0n) is 6.60. The van der Waals surface area contributed by atoms with Gasteiger partial charge in [-0.1, -0.05) is 0 Å². The summed E-state index contributed by atoms with van der Waals surface area (Å²) >= 11 is 0. The predicted molar refractivity (Wildman–Crippen MR) is 46.5 cm³/mol. The monoisotopic (exact) mass is 171 g/mol. The Bertz CT molecular complexity index is 499. The summed E-state index contributed by atoms with van der Waals surface area (Å²) < 4.78 is 0. The van der Waals surface area contributed by atoms with Crippen LogP contribution in [0, 0.1) is 11.3 Å². The topological polar surface area (TPSA) is 88.5 Å². The van der Waals surface area contributed by atoms with Crippen molar-refractivity contribution in [2.45, 2.75) is 0 Å². The first-order valence-electron chi connectivity index (χ1n) is 3.57. The molecular weight excluding hydrogens is 166 g/mol. The molecule has 2 N–H and O–H groups in total. The summed E-state index contributed by atoms with van der Waals surface area (Å²) in [6, 6.07) is 3.60. The van der Waals surface area contributed by atoms with Gasteiger partial charge in [-0.15, -0.1) is 0 Å². The number of rotatable bonds is 0. The van der Waals surface area contributed by atoms with Crippen LogP contribution in [0.25, 0.3) is 11.0 Å². The molecule has 0 aliphatic rings. The van der Waals surface area contributed by atoms with Gasteiger partial charge in [0.15, 0.2) is 5.82 Å². The Kier molecular flexibility index (Phi) is 1.53. The zero-order valence-corrected chi connectivity index (χ0v) is 6.60. The van der Waals surface area contributed by atoms with E-state index in [1.54, 1.807) is 6.07 Å². The molecule has 0 fully saturated rings. The summed E-state index contributed by atoms with van der Waals surface area (Å²) in [5, 5.41) is 8.60. The smallest absolute Gasteiger partial charge is 0.153 e. The summed E-state index contributed by atoms with van der Waals surface area (Å²) in [5.41, 5.74) is 7.13. The average molecular weight is 171 g/mol. The number of aromatic nitrogens is 3. The quantitative estimate of drug-likeness (QED) is 0.622. The van der Waals surface area contributed by atoms with Crippen molar-refractivity contribution in [3.8, 4) is 6.07 Å². The lowest BCUT2D eigenvalue weighted by molar-refractivity contribution is 1.20. The maximum absolute atomic E-state index is 8.60. The van der Waals surface area contributed by atoms with Crippen molar-refractivity contribution in [2.75, 3.05) is 5.73 Å². The lowest BCUT2D eigenvalue weighted by atomic mass is 10.2. The first kappa shape index (κ1) is 7.43. The lowest BCUT2D eigenvalue weighted by Gasteiger charge is -1.97. The predicted octanol–water partition coefficient (Wildman–Crippen LogP) is 0.479. The van der Waals surface area contributed by atoms with E-state index in [1.165, 1.54) is 12.5 Å². The summed E-state index contributed by atoms with van der Waals surface area (Å²) in [7, 11) is 0. The van der Waals surface area contributed by atoms with Crippen molar-refractivity contribution < 1.29 is 0 Å². The number of nitriles is 1. The minimum absolute atomic E-state index is 0.328. The Labute approximate surface area is 73.9 Å². The highest BCUT2D eigenvalue weighted by Crippen LogP contribution is 2.13. The van der Waals surface area contributed by atoms with Crippen LogP contribution < -0.4 is 5.73 Å². The van der Waals surface area contributed by atoms with Crippen LogP contribution in [0.15, 0.2) is 18.6 Å². The van der Waals surface area contributed by atoms with Crippen LogP contribution in [0.3, 0.4) is 0 Å². The van der Waals surface area contributed by atoms with Gasteiger partial charge in [-0.2, -0.15) is 5.26 Å². The minimum Gasteiger partial charge on any atom is -0.382 e. The van der Waals surface area contributed by atoms with E-state index in [0.717, 1.165) is 0 Å². The van der Waals surface area contributed by atoms with Gasteiger partial charge in [-0.25, -0.2) is 15.0 Å². The van der Waals surface area contributed by atoms with Crippen molar-refractivity contribution in [1.82, 2.24) is 15.0 Å². The molecule has 0 aliphatic heterocycles. The maximum Gasteiger partial charge on any atom is 0.153 e. The van der Waals surface area contributed by atoms with Crippen LogP contribution in [0.1, 0.15) is 5.56 Å². The molecular formula is C8H5N5. The largest absolute Gasteiger partial charge is 0.382 e. The van der Waals surface area contributed by atoms with Gasteiger partial charge < -0.3 is 5.73 Å². The first-order valence-corrected chi connectivity index (χ1v) is 3.57. The second-order valence-electron chi connectivity index (χ2n) is 2.46. The standard InChI is InChI=1S/C8H5N5/c9-2-5-1-6-7(11-3-5)8(10)13-4-12-6/h1,3-4H,(H2,10,12,13). The maximum atomic E-state index is 8.60. The average Bonchev–Trinajstić information content (AvgIpc) is 2.18. The molecule has 2 aromatic heterocycles. The summed E-state index contributed by atoms with van der Waals surface area (Å²) in [6.07, 6.45) is 2.79. The Balaban J connectivity index is 2.82. The molecule has 0 saturated carbocycles. The molecule has 5 nitrogen and oxygen atoms in total. The van der Waals surface area contributed by atoms with Gasteiger partial charge in [0.1, 0.15) is 17.9 Å². The van der Waals surface area contributed by atoms with Gasteiger partial charge in [-0.3, -0.25) is 0 Å². The third kappa shape index (κ3) is 1.14. The Hall–Kier alpha value is -2.22. The first-order chi connectivity index (χ1) is 6.31. The van der Waals surface area contributed by atoms with Crippen LogP contribution in [-0.2, 0) is 0 Å². The van der Waals surface area contributed by atoms with Crippen molar-refractivity contribution in [3.05, 3.63) is 24.2 Å². The van der Waals surface area contributed by atoms with Crippen molar-refractivity contribution in [2.24, 2.45) is 0 Å². The SMILES string of the molecule is N#Cc1cnc2c(N)ncnc2c1. The third-order valence-corrected chi connectivity index (χ3v) is 1.63. The van der Waals surface area contributed by atoms with Crippen LogP contribution in [0.2, 0.25) is 0 Å². The normalized spacial score (nSPS) is 9.77. The second-order valence-corrected chi connectivity index (χ2v) is 2.46.